The van der Waals surface area contributed by atoms with E-state index in [1.54, 1.807) is 0 Å². The minimum Gasteiger partial charge on any atom is -0.464 e. The van der Waals surface area contributed by atoms with E-state index in [9.17, 15) is 9.90 Å². The van der Waals surface area contributed by atoms with E-state index in [0.717, 1.165) is 25.9 Å². The molecular formula is C34H69NO3. The number of aliphatic hydroxyl groups is 1. The molecule has 4 heteroatoms. The highest BCUT2D eigenvalue weighted by Crippen LogP contribution is 2.14. The van der Waals surface area contributed by atoms with Gasteiger partial charge in [0.05, 0.1) is 6.61 Å². The third-order valence-electron chi connectivity index (χ3n) is 7.90. The number of nitrogens with zero attached hydrogens (tertiary/aromatic N) is 1. The molecule has 0 heterocycles. The van der Waals surface area contributed by atoms with Crippen molar-refractivity contribution in [1.29, 1.82) is 0 Å². The maximum Gasteiger partial charge on any atom is 0.305 e. The first-order valence-electron chi connectivity index (χ1n) is 17.2. The van der Waals surface area contributed by atoms with Gasteiger partial charge in [-0.15, -0.1) is 0 Å². The molecule has 228 valence electrons. The van der Waals surface area contributed by atoms with Gasteiger partial charge in [0.1, 0.15) is 6.61 Å². The Morgan fingerprint density at radius 3 is 1.26 bits per heavy atom. The highest BCUT2D eigenvalue weighted by Gasteiger charge is 2.07. The summed E-state index contributed by atoms with van der Waals surface area (Å²) in [6, 6.07) is 0. The van der Waals surface area contributed by atoms with Crippen LogP contribution in [-0.4, -0.2) is 48.8 Å². The number of carbonyl (C=O) groups is 1. The van der Waals surface area contributed by atoms with E-state index in [1.165, 1.54) is 148 Å². The fraction of sp³-hybridized carbons (Fsp3) is 0.971. The average molecular weight is 540 g/mol. The summed E-state index contributed by atoms with van der Waals surface area (Å²) in [5.41, 5.74) is 0. The third-order valence-corrected chi connectivity index (χ3v) is 7.90. The van der Waals surface area contributed by atoms with Crippen molar-refractivity contribution < 1.29 is 14.6 Å². The summed E-state index contributed by atoms with van der Waals surface area (Å²) in [7, 11) is 0. The molecule has 4 nitrogen and oxygen atoms in total. The lowest BCUT2D eigenvalue weighted by atomic mass is 10.0. The zero-order valence-corrected chi connectivity index (χ0v) is 26.1. The molecule has 0 spiro atoms. The molecule has 0 saturated heterocycles. The number of rotatable bonds is 32. The van der Waals surface area contributed by atoms with Crippen LogP contribution in [0.15, 0.2) is 0 Å². The van der Waals surface area contributed by atoms with Gasteiger partial charge < -0.3 is 9.84 Å². The average Bonchev–Trinajstić information content (AvgIpc) is 2.91. The van der Waals surface area contributed by atoms with Gasteiger partial charge in [0.25, 0.3) is 0 Å². The van der Waals surface area contributed by atoms with Crippen molar-refractivity contribution >= 4 is 5.97 Å². The quantitative estimate of drug-likeness (QED) is 0.0682. The molecule has 0 aliphatic rings. The Labute approximate surface area is 239 Å². The summed E-state index contributed by atoms with van der Waals surface area (Å²) in [5.74, 6) is -0.0562. The number of hydrogen-bond acceptors (Lipinski definition) is 4. The first-order valence-corrected chi connectivity index (χ1v) is 17.2. The van der Waals surface area contributed by atoms with Crippen molar-refractivity contribution in [3.05, 3.63) is 0 Å². The van der Waals surface area contributed by atoms with Crippen molar-refractivity contribution in [2.24, 2.45) is 0 Å². The fourth-order valence-electron chi connectivity index (χ4n) is 5.30. The molecule has 0 saturated carbocycles. The number of unbranched alkanes of at least 4 members (excludes halogenated alkanes) is 23. The summed E-state index contributed by atoms with van der Waals surface area (Å²) < 4.78 is 5.46. The summed E-state index contributed by atoms with van der Waals surface area (Å²) >= 11 is 0. The van der Waals surface area contributed by atoms with Crippen LogP contribution in [0.1, 0.15) is 181 Å². The second-order valence-corrected chi connectivity index (χ2v) is 11.7. The summed E-state index contributed by atoms with van der Waals surface area (Å²) in [5, 5.41) is 9.38. The van der Waals surface area contributed by atoms with Crippen LogP contribution in [0.4, 0.5) is 0 Å². The number of esters is 1. The van der Waals surface area contributed by atoms with Gasteiger partial charge in [-0.3, -0.25) is 9.69 Å². The van der Waals surface area contributed by atoms with E-state index < -0.39 is 0 Å². The van der Waals surface area contributed by atoms with E-state index in [0.29, 0.717) is 19.6 Å². The molecule has 0 aliphatic heterocycles. The molecular weight excluding hydrogens is 470 g/mol. The van der Waals surface area contributed by atoms with Crippen molar-refractivity contribution in [1.82, 2.24) is 4.90 Å². The zero-order chi connectivity index (χ0) is 27.8. The first-order chi connectivity index (χ1) is 18.7. The lowest BCUT2D eigenvalue weighted by Crippen LogP contribution is -2.32. The SMILES string of the molecule is CCCCCCCCCCCCCCCCCCN(CCO)CCOC(=O)CCCCCCCCCCC. The Bertz CT molecular complexity index is 457. The summed E-state index contributed by atoms with van der Waals surface area (Å²) in [6.07, 6.45) is 34.0. The van der Waals surface area contributed by atoms with Crippen molar-refractivity contribution in [2.75, 3.05) is 32.8 Å². The van der Waals surface area contributed by atoms with Crippen molar-refractivity contribution in [3.8, 4) is 0 Å². The van der Waals surface area contributed by atoms with Gasteiger partial charge in [0.2, 0.25) is 0 Å². The fourth-order valence-corrected chi connectivity index (χ4v) is 5.30. The molecule has 0 aromatic rings. The second-order valence-electron chi connectivity index (χ2n) is 11.7. The molecule has 0 aromatic carbocycles. The lowest BCUT2D eigenvalue weighted by molar-refractivity contribution is -0.144. The molecule has 0 aliphatic carbocycles. The van der Waals surface area contributed by atoms with Crippen LogP contribution in [0.2, 0.25) is 0 Å². The molecule has 38 heavy (non-hydrogen) atoms. The van der Waals surface area contributed by atoms with E-state index in [-0.39, 0.29) is 12.6 Å². The lowest BCUT2D eigenvalue weighted by Gasteiger charge is -2.21. The maximum absolute atomic E-state index is 12.0. The predicted octanol–water partition coefficient (Wildman–Crippen LogP) is 10.0. The van der Waals surface area contributed by atoms with Gasteiger partial charge in [-0.05, 0) is 19.4 Å². The molecule has 0 fully saturated rings. The van der Waals surface area contributed by atoms with Gasteiger partial charge in [-0.2, -0.15) is 0 Å². The molecule has 0 unspecified atom stereocenters. The number of carbonyl (C=O) groups excluding carboxylic acids is 1. The molecule has 0 atom stereocenters. The van der Waals surface area contributed by atoms with Crippen LogP contribution in [-0.2, 0) is 9.53 Å². The van der Waals surface area contributed by atoms with Crippen LogP contribution < -0.4 is 0 Å². The summed E-state index contributed by atoms with van der Waals surface area (Å²) in [6.45, 7) is 7.58. The largest absolute Gasteiger partial charge is 0.464 e. The molecule has 0 radical (unpaired) electrons. The molecule has 1 N–H and O–H groups in total. The molecule has 0 bridgehead atoms. The number of aliphatic hydroxyl groups excluding tert-OH is 1. The smallest absolute Gasteiger partial charge is 0.305 e. The van der Waals surface area contributed by atoms with Gasteiger partial charge in [-0.25, -0.2) is 0 Å². The van der Waals surface area contributed by atoms with Crippen LogP contribution in [0, 0.1) is 0 Å². The Balaban J connectivity index is 3.49. The monoisotopic (exact) mass is 540 g/mol. The van der Waals surface area contributed by atoms with Crippen LogP contribution in [0.5, 0.6) is 0 Å². The minimum atomic E-state index is -0.0562. The van der Waals surface area contributed by atoms with Gasteiger partial charge in [-0.1, -0.05) is 162 Å². The van der Waals surface area contributed by atoms with Crippen LogP contribution in [0.25, 0.3) is 0 Å². The van der Waals surface area contributed by atoms with E-state index in [2.05, 4.69) is 18.7 Å². The van der Waals surface area contributed by atoms with Gasteiger partial charge in [0.15, 0.2) is 0 Å². The van der Waals surface area contributed by atoms with E-state index in [4.69, 9.17) is 4.74 Å². The maximum atomic E-state index is 12.0. The van der Waals surface area contributed by atoms with Crippen LogP contribution >= 0.6 is 0 Å². The van der Waals surface area contributed by atoms with Gasteiger partial charge in [0, 0.05) is 19.5 Å². The normalized spacial score (nSPS) is 11.5. The van der Waals surface area contributed by atoms with E-state index in [1.807, 2.05) is 0 Å². The van der Waals surface area contributed by atoms with Crippen molar-refractivity contribution in [3.63, 3.8) is 0 Å². The second kappa shape index (κ2) is 32.6. The Kier molecular flexibility index (Phi) is 32.1. The third kappa shape index (κ3) is 29.9. The highest BCUT2D eigenvalue weighted by atomic mass is 16.5. The van der Waals surface area contributed by atoms with E-state index >= 15 is 0 Å². The first kappa shape index (κ1) is 37.4. The Morgan fingerprint density at radius 2 is 0.868 bits per heavy atom. The summed E-state index contributed by atoms with van der Waals surface area (Å²) in [4.78, 5) is 14.3. The highest BCUT2D eigenvalue weighted by molar-refractivity contribution is 5.69. The molecule has 0 rings (SSSR count). The molecule has 0 aromatic heterocycles. The van der Waals surface area contributed by atoms with Crippen LogP contribution in [0.3, 0.4) is 0 Å². The Hall–Kier alpha value is -0.610. The zero-order valence-electron chi connectivity index (χ0n) is 26.1. The number of ether oxygens (including phenoxy) is 1. The number of hydrogen-bond donors (Lipinski definition) is 1. The standard InChI is InChI=1S/C34H69NO3/c1-3-5-7-9-11-13-14-15-16-17-18-19-21-23-25-27-29-35(30-32-36)31-33-38-34(37)28-26-24-22-20-12-10-8-6-4-2/h36H,3-33H2,1-2H3. The van der Waals surface area contributed by atoms with Crippen molar-refractivity contribution in [2.45, 2.75) is 181 Å². The Morgan fingerprint density at radius 1 is 0.500 bits per heavy atom. The van der Waals surface area contributed by atoms with Gasteiger partial charge >= 0.3 is 5.97 Å². The topological polar surface area (TPSA) is 49.8 Å². The minimum absolute atomic E-state index is 0.0562. The molecule has 0 amide bonds. The predicted molar refractivity (Wildman–Crippen MR) is 166 cm³/mol.